The lowest BCUT2D eigenvalue weighted by Crippen LogP contribution is -2.38. The summed E-state index contributed by atoms with van der Waals surface area (Å²) in [4.78, 5) is 28.5. The summed E-state index contributed by atoms with van der Waals surface area (Å²) in [6.45, 7) is 2.57. The standard InChI is InChI=1S/C40H39N5O6/c1-3-27-12-10-11-13-28(27)23-44-25-34(42-43-44)33-24-45(39(48)41-38(33)47)37-22-35(46)36(51-37)26-50-40(29-14-6-4-7-15-29,30-16-8-5-9-17-30)31-18-20-32(49-2)21-19-31/h4-21,24-25,35-37,46H,3,22-23,26H2,1-2H3,(H,41,47,48)/t35?,36-,37-/m0/s1. The quantitative estimate of drug-likeness (QED) is 0.171. The van der Waals surface area contributed by atoms with E-state index in [4.69, 9.17) is 14.2 Å². The van der Waals surface area contributed by atoms with E-state index in [1.165, 1.54) is 16.3 Å². The number of benzene rings is 4. The van der Waals surface area contributed by atoms with Crippen molar-refractivity contribution in [2.75, 3.05) is 13.7 Å². The Balaban J connectivity index is 1.16. The molecule has 0 aliphatic carbocycles. The van der Waals surface area contributed by atoms with Gasteiger partial charge in [0.1, 0.15) is 29.4 Å². The van der Waals surface area contributed by atoms with E-state index in [2.05, 4.69) is 28.3 Å². The van der Waals surface area contributed by atoms with Crippen LogP contribution in [0.3, 0.4) is 0 Å². The first-order chi connectivity index (χ1) is 24.9. The predicted octanol–water partition coefficient (Wildman–Crippen LogP) is 5.07. The zero-order chi connectivity index (χ0) is 35.4. The van der Waals surface area contributed by atoms with Crippen LogP contribution in [0.5, 0.6) is 5.75 Å². The number of aromatic amines is 1. The van der Waals surface area contributed by atoms with Crippen LogP contribution in [-0.2, 0) is 28.0 Å². The van der Waals surface area contributed by atoms with Crippen LogP contribution in [-0.4, -0.2) is 55.6 Å². The number of aryl methyl sites for hydroxylation is 1. The summed E-state index contributed by atoms with van der Waals surface area (Å²) in [6, 6.07) is 35.5. The van der Waals surface area contributed by atoms with Gasteiger partial charge in [0.05, 0.1) is 38.1 Å². The van der Waals surface area contributed by atoms with E-state index in [9.17, 15) is 14.7 Å². The summed E-state index contributed by atoms with van der Waals surface area (Å²) in [5.74, 6) is 0.709. The molecule has 0 saturated carbocycles. The number of aliphatic hydroxyl groups is 1. The summed E-state index contributed by atoms with van der Waals surface area (Å²) < 4.78 is 21.6. The molecule has 0 spiro atoms. The third kappa shape index (κ3) is 6.79. The number of aliphatic hydroxyl groups excluding tert-OH is 1. The summed E-state index contributed by atoms with van der Waals surface area (Å²) in [5, 5.41) is 19.8. The minimum absolute atomic E-state index is 0.00793. The Hall–Kier alpha value is -5.62. The fourth-order valence-electron chi connectivity index (χ4n) is 6.78. The molecule has 3 heterocycles. The minimum atomic E-state index is -1.07. The first-order valence-electron chi connectivity index (χ1n) is 17.0. The third-order valence-corrected chi connectivity index (χ3v) is 9.45. The lowest BCUT2D eigenvalue weighted by atomic mass is 9.80. The van der Waals surface area contributed by atoms with Crippen molar-refractivity contribution in [2.45, 2.75) is 50.3 Å². The molecule has 2 N–H and O–H groups in total. The van der Waals surface area contributed by atoms with E-state index < -0.39 is 35.3 Å². The average Bonchev–Trinajstić information content (AvgIpc) is 3.79. The highest BCUT2D eigenvalue weighted by molar-refractivity contribution is 5.55. The van der Waals surface area contributed by atoms with Gasteiger partial charge in [-0.05, 0) is 46.4 Å². The molecule has 1 fully saturated rings. The SMILES string of the molecule is CCc1ccccc1Cn1cc(-c2cn([C@@H]3CC(O)[C@H](COC(c4ccccc4)(c4ccccc4)c4ccc(OC)cc4)O3)c(=O)[nH]c2=O)nn1. The zero-order valence-electron chi connectivity index (χ0n) is 28.4. The van der Waals surface area contributed by atoms with Gasteiger partial charge in [-0.15, -0.1) is 5.10 Å². The molecule has 51 heavy (non-hydrogen) atoms. The molecular formula is C40H39N5O6. The molecule has 1 unspecified atom stereocenters. The van der Waals surface area contributed by atoms with Gasteiger partial charge in [0.15, 0.2) is 0 Å². The molecule has 1 aliphatic rings. The highest BCUT2D eigenvalue weighted by atomic mass is 16.6. The number of methoxy groups -OCH3 is 1. The van der Waals surface area contributed by atoms with E-state index in [1.807, 2.05) is 103 Å². The molecule has 260 valence electrons. The Morgan fingerprint density at radius 2 is 1.49 bits per heavy atom. The Morgan fingerprint density at radius 1 is 0.863 bits per heavy atom. The van der Waals surface area contributed by atoms with Gasteiger partial charge >= 0.3 is 5.69 Å². The molecule has 7 rings (SSSR count). The second-order valence-corrected chi connectivity index (χ2v) is 12.5. The molecule has 3 atom stereocenters. The Kier molecular flexibility index (Phi) is 9.76. The number of nitrogens with one attached hydrogen (secondary N) is 1. The molecule has 4 aromatic carbocycles. The highest BCUT2D eigenvalue weighted by Crippen LogP contribution is 2.42. The summed E-state index contributed by atoms with van der Waals surface area (Å²) in [7, 11) is 1.62. The van der Waals surface area contributed by atoms with E-state index in [1.54, 1.807) is 18.0 Å². The highest BCUT2D eigenvalue weighted by Gasteiger charge is 2.42. The van der Waals surface area contributed by atoms with Gasteiger partial charge in [-0.25, -0.2) is 9.48 Å². The van der Waals surface area contributed by atoms with Crippen molar-refractivity contribution < 1.29 is 19.3 Å². The lowest BCUT2D eigenvalue weighted by Gasteiger charge is -2.37. The van der Waals surface area contributed by atoms with Crippen LogP contribution in [0.2, 0.25) is 0 Å². The van der Waals surface area contributed by atoms with Crippen molar-refractivity contribution in [3.8, 4) is 17.0 Å². The number of nitrogens with zero attached hydrogens (tertiary/aromatic N) is 4. The largest absolute Gasteiger partial charge is 0.497 e. The van der Waals surface area contributed by atoms with Crippen molar-refractivity contribution in [3.05, 3.63) is 170 Å². The average molecular weight is 686 g/mol. The van der Waals surface area contributed by atoms with Gasteiger partial charge in [0.25, 0.3) is 5.56 Å². The maximum atomic E-state index is 13.1. The maximum absolute atomic E-state index is 13.1. The van der Waals surface area contributed by atoms with E-state index in [-0.39, 0.29) is 18.6 Å². The molecule has 0 amide bonds. The van der Waals surface area contributed by atoms with Crippen LogP contribution in [0.25, 0.3) is 11.3 Å². The molecule has 1 aliphatic heterocycles. The van der Waals surface area contributed by atoms with Crippen molar-refractivity contribution in [1.82, 2.24) is 24.5 Å². The van der Waals surface area contributed by atoms with Crippen LogP contribution in [0.4, 0.5) is 0 Å². The van der Waals surface area contributed by atoms with Gasteiger partial charge in [-0.1, -0.05) is 109 Å². The van der Waals surface area contributed by atoms with Crippen LogP contribution < -0.4 is 16.0 Å². The number of hydrogen-bond acceptors (Lipinski definition) is 8. The topological polar surface area (TPSA) is 133 Å². The van der Waals surface area contributed by atoms with Gasteiger partial charge in [-0.3, -0.25) is 14.3 Å². The minimum Gasteiger partial charge on any atom is -0.497 e. The Labute approximate surface area is 294 Å². The third-order valence-electron chi connectivity index (χ3n) is 9.45. The zero-order valence-corrected chi connectivity index (χ0v) is 28.4. The summed E-state index contributed by atoms with van der Waals surface area (Å²) >= 11 is 0. The van der Waals surface area contributed by atoms with Crippen molar-refractivity contribution in [3.63, 3.8) is 0 Å². The van der Waals surface area contributed by atoms with Crippen LogP contribution in [0, 0.1) is 0 Å². The molecule has 0 radical (unpaired) electrons. The molecule has 6 aromatic rings. The molecule has 1 saturated heterocycles. The fraction of sp³-hybridized carbons (Fsp3) is 0.250. The van der Waals surface area contributed by atoms with Gasteiger partial charge in [0, 0.05) is 12.6 Å². The number of hydrogen-bond donors (Lipinski definition) is 2. The normalized spacial score (nSPS) is 17.4. The van der Waals surface area contributed by atoms with Crippen molar-refractivity contribution in [1.29, 1.82) is 0 Å². The number of ether oxygens (including phenoxy) is 3. The molecule has 0 bridgehead atoms. The fourth-order valence-corrected chi connectivity index (χ4v) is 6.78. The van der Waals surface area contributed by atoms with E-state index >= 15 is 0 Å². The smallest absolute Gasteiger partial charge is 0.330 e. The Bertz CT molecular complexity index is 2160. The number of rotatable bonds is 12. The lowest BCUT2D eigenvalue weighted by molar-refractivity contribution is -0.0944. The predicted molar refractivity (Wildman–Crippen MR) is 192 cm³/mol. The van der Waals surface area contributed by atoms with Gasteiger partial charge < -0.3 is 19.3 Å². The molecule has 11 heteroatoms. The summed E-state index contributed by atoms with van der Waals surface area (Å²) in [6.07, 6.45) is 1.46. The van der Waals surface area contributed by atoms with Crippen molar-refractivity contribution >= 4 is 0 Å². The second-order valence-electron chi connectivity index (χ2n) is 12.5. The first kappa shape index (κ1) is 33.9. The monoisotopic (exact) mass is 685 g/mol. The van der Waals surface area contributed by atoms with Crippen LogP contribution >= 0.6 is 0 Å². The van der Waals surface area contributed by atoms with Gasteiger partial charge in [0.2, 0.25) is 0 Å². The van der Waals surface area contributed by atoms with Gasteiger partial charge in [-0.2, -0.15) is 0 Å². The van der Waals surface area contributed by atoms with E-state index in [0.29, 0.717) is 18.0 Å². The molecule has 2 aromatic heterocycles. The van der Waals surface area contributed by atoms with Crippen molar-refractivity contribution in [2.24, 2.45) is 0 Å². The second kappa shape index (κ2) is 14.7. The Morgan fingerprint density at radius 3 is 2.14 bits per heavy atom. The maximum Gasteiger partial charge on any atom is 0.330 e. The first-order valence-corrected chi connectivity index (χ1v) is 17.0. The van der Waals surface area contributed by atoms with E-state index in [0.717, 1.165) is 28.7 Å². The van der Waals surface area contributed by atoms with Crippen LogP contribution in [0.15, 0.2) is 131 Å². The number of aromatic nitrogens is 5. The summed E-state index contributed by atoms with van der Waals surface area (Å²) in [5.41, 5.74) is 3.09. The van der Waals surface area contributed by atoms with Crippen LogP contribution in [0.1, 0.15) is 47.4 Å². The number of H-pyrrole nitrogens is 1. The molecular weight excluding hydrogens is 646 g/mol. The molecule has 11 nitrogen and oxygen atoms in total.